The molecular formula is C20H15Cl2N3O2. The summed E-state index contributed by atoms with van der Waals surface area (Å²) in [6.45, 7) is 0. The first-order valence-electron chi connectivity index (χ1n) is 8.17. The number of oxime groups is 1. The van der Waals surface area contributed by atoms with Gasteiger partial charge in [-0.15, -0.1) is 0 Å². The Kier molecular flexibility index (Phi) is 4.21. The maximum Gasteiger partial charge on any atom is 0.259 e. The van der Waals surface area contributed by atoms with Gasteiger partial charge in [-0.05, 0) is 35.9 Å². The molecule has 0 atom stereocenters. The van der Waals surface area contributed by atoms with Crippen molar-refractivity contribution in [2.45, 2.75) is 0 Å². The third-order valence-electron chi connectivity index (χ3n) is 4.80. The second-order valence-corrected chi connectivity index (χ2v) is 7.21. The molecule has 0 fully saturated rings. The molecule has 0 unspecified atom stereocenters. The lowest BCUT2D eigenvalue weighted by molar-refractivity contribution is 0.322. The number of pyridine rings is 1. The van der Waals surface area contributed by atoms with Crippen molar-refractivity contribution in [1.29, 1.82) is 0 Å². The molecule has 2 aromatic heterocycles. The summed E-state index contributed by atoms with van der Waals surface area (Å²) in [5.41, 5.74) is 3.51. The molecule has 7 heteroatoms. The number of aryl methyl sites for hydroxylation is 2. The molecule has 0 aliphatic rings. The van der Waals surface area contributed by atoms with Gasteiger partial charge in [0.2, 0.25) is 0 Å². The minimum Gasteiger partial charge on any atom is -0.411 e. The van der Waals surface area contributed by atoms with Crippen molar-refractivity contribution in [2.75, 3.05) is 0 Å². The van der Waals surface area contributed by atoms with E-state index in [1.54, 1.807) is 29.8 Å². The molecule has 0 amide bonds. The first kappa shape index (κ1) is 17.6. The zero-order valence-electron chi connectivity index (χ0n) is 14.6. The minimum absolute atomic E-state index is 0.144. The highest BCUT2D eigenvalue weighted by atomic mass is 35.5. The molecule has 27 heavy (non-hydrogen) atoms. The largest absolute Gasteiger partial charge is 0.411 e. The molecule has 0 saturated carbocycles. The molecule has 0 saturated heterocycles. The van der Waals surface area contributed by atoms with E-state index in [2.05, 4.69) is 5.16 Å². The normalized spacial score (nSPS) is 11.9. The molecule has 0 bridgehead atoms. The predicted molar refractivity (Wildman–Crippen MR) is 111 cm³/mol. The van der Waals surface area contributed by atoms with Gasteiger partial charge in [0.15, 0.2) is 0 Å². The van der Waals surface area contributed by atoms with Crippen LogP contribution in [0.2, 0.25) is 10.0 Å². The molecule has 1 N–H and O–H groups in total. The first-order valence-corrected chi connectivity index (χ1v) is 8.93. The highest BCUT2D eigenvalue weighted by molar-refractivity contribution is 6.36. The Morgan fingerprint density at radius 1 is 0.963 bits per heavy atom. The Bertz CT molecular complexity index is 1300. The summed E-state index contributed by atoms with van der Waals surface area (Å²) in [5, 5.41) is 14.7. The van der Waals surface area contributed by atoms with Crippen LogP contribution in [0.15, 0.2) is 52.4 Å². The fraction of sp³-hybridized carbons (Fsp3) is 0.100. The van der Waals surface area contributed by atoms with Crippen molar-refractivity contribution >= 4 is 51.4 Å². The summed E-state index contributed by atoms with van der Waals surface area (Å²) in [5.74, 6) is 0. The van der Waals surface area contributed by atoms with E-state index < -0.39 is 0 Å². The summed E-state index contributed by atoms with van der Waals surface area (Å²) in [4.78, 5) is 13.0. The lowest BCUT2D eigenvalue weighted by Gasteiger charge is -2.09. The van der Waals surface area contributed by atoms with Crippen LogP contribution in [-0.2, 0) is 14.1 Å². The van der Waals surface area contributed by atoms with Gasteiger partial charge in [-0.2, -0.15) is 0 Å². The molecule has 5 nitrogen and oxygen atoms in total. The Morgan fingerprint density at radius 3 is 2.44 bits per heavy atom. The smallest absolute Gasteiger partial charge is 0.259 e. The maximum absolute atomic E-state index is 13.0. The Morgan fingerprint density at radius 2 is 1.74 bits per heavy atom. The van der Waals surface area contributed by atoms with Crippen molar-refractivity contribution in [3.05, 3.63) is 68.4 Å². The molecule has 0 radical (unpaired) electrons. The average molecular weight is 400 g/mol. The number of rotatable bonds is 2. The van der Waals surface area contributed by atoms with Crippen molar-refractivity contribution < 1.29 is 5.21 Å². The van der Waals surface area contributed by atoms with Gasteiger partial charge >= 0.3 is 0 Å². The lowest BCUT2D eigenvalue weighted by Crippen LogP contribution is -2.20. The van der Waals surface area contributed by atoms with E-state index in [1.807, 2.05) is 35.9 Å². The van der Waals surface area contributed by atoms with Gasteiger partial charge < -0.3 is 9.77 Å². The molecule has 0 aliphatic carbocycles. The van der Waals surface area contributed by atoms with Crippen molar-refractivity contribution in [2.24, 2.45) is 19.3 Å². The van der Waals surface area contributed by atoms with E-state index in [9.17, 15) is 4.79 Å². The summed E-state index contributed by atoms with van der Waals surface area (Å²) in [6.07, 6.45) is 1.37. The maximum atomic E-state index is 13.0. The molecule has 2 aromatic carbocycles. The highest BCUT2D eigenvalue weighted by Crippen LogP contribution is 2.33. The minimum atomic E-state index is -0.144. The van der Waals surface area contributed by atoms with Crippen LogP contribution in [-0.4, -0.2) is 20.6 Å². The fourth-order valence-corrected chi connectivity index (χ4v) is 4.07. The van der Waals surface area contributed by atoms with E-state index >= 15 is 0 Å². The molecule has 4 aromatic rings. The summed E-state index contributed by atoms with van der Waals surface area (Å²) < 4.78 is 3.59. The third-order valence-corrected chi connectivity index (χ3v) is 5.35. The number of hydrogen-bond acceptors (Lipinski definition) is 3. The molecule has 2 heterocycles. The van der Waals surface area contributed by atoms with Crippen LogP contribution in [0.3, 0.4) is 0 Å². The SMILES string of the molecule is Cn1c(=O)c(-c2ccc(Cl)cc2Cl)cc2c3cc(C=NO)ccc3n(C)c21. The van der Waals surface area contributed by atoms with Gasteiger partial charge in [0, 0.05) is 41.0 Å². The standard InChI is InChI=1S/C20H15Cl2N3O2/c1-24-18-6-3-11(10-23-27)7-14(18)15-9-16(20(26)25(2)19(15)24)13-5-4-12(21)8-17(13)22/h3-10,27H,1-2H3. The van der Waals surface area contributed by atoms with E-state index in [-0.39, 0.29) is 5.56 Å². The molecule has 0 spiro atoms. The third kappa shape index (κ3) is 2.71. The lowest BCUT2D eigenvalue weighted by atomic mass is 10.0. The number of halogens is 2. The zero-order chi connectivity index (χ0) is 19.3. The van der Waals surface area contributed by atoms with Crippen LogP contribution in [0.4, 0.5) is 0 Å². The van der Waals surface area contributed by atoms with Crippen LogP contribution < -0.4 is 5.56 Å². The number of hydrogen-bond donors (Lipinski definition) is 1. The monoisotopic (exact) mass is 399 g/mol. The van der Waals surface area contributed by atoms with E-state index in [4.69, 9.17) is 28.4 Å². The van der Waals surface area contributed by atoms with Crippen LogP contribution in [0.5, 0.6) is 0 Å². The first-order chi connectivity index (χ1) is 12.9. The van der Waals surface area contributed by atoms with Crippen LogP contribution in [0.1, 0.15) is 5.56 Å². The quantitative estimate of drug-likeness (QED) is 0.298. The van der Waals surface area contributed by atoms with E-state index in [0.29, 0.717) is 21.2 Å². The van der Waals surface area contributed by atoms with Crippen LogP contribution in [0, 0.1) is 0 Å². The molecular weight excluding hydrogens is 385 g/mol. The zero-order valence-corrected chi connectivity index (χ0v) is 16.1. The van der Waals surface area contributed by atoms with Gasteiger partial charge in [0.25, 0.3) is 5.56 Å². The van der Waals surface area contributed by atoms with Gasteiger partial charge in [-0.25, -0.2) is 0 Å². The number of aromatic nitrogens is 2. The van der Waals surface area contributed by atoms with Gasteiger partial charge in [-0.3, -0.25) is 9.36 Å². The Balaban J connectivity index is 2.14. The average Bonchev–Trinajstić information content (AvgIpc) is 2.91. The van der Waals surface area contributed by atoms with Gasteiger partial charge in [-0.1, -0.05) is 40.5 Å². The second-order valence-electron chi connectivity index (χ2n) is 6.36. The Hall–Kier alpha value is -2.76. The van der Waals surface area contributed by atoms with Crippen molar-refractivity contribution in [1.82, 2.24) is 9.13 Å². The molecule has 4 rings (SSSR count). The molecule has 0 aliphatic heterocycles. The van der Waals surface area contributed by atoms with Crippen LogP contribution in [0.25, 0.3) is 33.1 Å². The summed E-state index contributed by atoms with van der Waals surface area (Å²) in [7, 11) is 3.66. The van der Waals surface area contributed by atoms with Gasteiger partial charge in [0.05, 0.1) is 16.8 Å². The predicted octanol–water partition coefficient (Wildman–Crippen LogP) is 4.81. The van der Waals surface area contributed by atoms with E-state index in [1.165, 1.54) is 6.21 Å². The molecule has 136 valence electrons. The Labute approximate surface area is 164 Å². The van der Waals surface area contributed by atoms with Crippen molar-refractivity contribution in [3.63, 3.8) is 0 Å². The number of benzene rings is 2. The van der Waals surface area contributed by atoms with E-state index in [0.717, 1.165) is 27.5 Å². The number of fused-ring (bicyclic) bond motifs is 3. The highest BCUT2D eigenvalue weighted by Gasteiger charge is 2.17. The van der Waals surface area contributed by atoms with Crippen molar-refractivity contribution in [3.8, 4) is 11.1 Å². The fourth-order valence-electron chi connectivity index (χ4n) is 3.56. The van der Waals surface area contributed by atoms with Crippen LogP contribution >= 0.6 is 23.2 Å². The number of nitrogens with zero attached hydrogens (tertiary/aromatic N) is 3. The van der Waals surface area contributed by atoms with Gasteiger partial charge in [0.1, 0.15) is 5.65 Å². The summed E-state index contributed by atoms with van der Waals surface area (Å²) >= 11 is 12.3. The topological polar surface area (TPSA) is 59.5 Å². The second kappa shape index (κ2) is 6.44. The summed E-state index contributed by atoms with van der Waals surface area (Å²) in [6, 6.07) is 12.7.